The summed E-state index contributed by atoms with van der Waals surface area (Å²) in [5.41, 5.74) is 2.26. The Kier molecular flexibility index (Phi) is 4.66. The second-order valence-corrected chi connectivity index (χ2v) is 6.39. The number of halogens is 1. The van der Waals surface area contributed by atoms with Crippen LogP contribution in [0.4, 0.5) is 4.39 Å². The van der Waals surface area contributed by atoms with E-state index < -0.39 is 0 Å². The molecule has 0 aliphatic carbocycles. The first-order valence-corrected chi connectivity index (χ1v) is 8.31. The number of carbonyl (C=O) groups is 1. The maximum absolute atomic E-state index is 13.0. The number of benzene rings is 1. The Morgan fingerprint density at radius 3 is 2.62 bits per heavy atom. The summed E-state index contributed by atoms with van der Waals surface area (Å²) in [4.78, 5) is 21.8. The molecule has 0 fully saturated rings. The number of carbonyl (C=O) groups excluding carboxylic acids is 1. The van der Waals surface area contributed by atoms with Gasteiger partial charge in [0.15, 0.2) is 0 Å². The third-order valence-corrected chi connectivity index (χ3v) is 4.78. The molecule has 0 spiro atoms. The number of nitrogens with one attached hydrogen (secondary N) is 1. The minimum absolute atomic E-state index is 0.191. The number of hydrogen-bond donors (Lipinski definition) is 1. The number of nitrogens with zero attached hydrogens (tertiary/aromatic N) is 2. The van der Waals surface area contributed by atoms with Crippen LogP contribution in [0.15, 0.2) is 48.7 Å². The highest BCUT2D eigenvalue weighted by Gasteiger charge is 2.18. The molecule has 0 aliphatic rings. The van der Waals surface area contributed by atoms with Gasteiger partial charge in [0.2, 0.25) is 0 Å². The highest BCUT2D eigenvalue weighted by Crippen LogP contribution is 2.27. The van der Waals surface area contributed by atoms with Crippen LogP contribution in [0.1, 0.15) is 33.9 Å². The smallest absolute Gasteiger partial charge is 0.263 e. The van der Waals surface area contributed by atoms with Crippen LogP contribution in [-0.4, -0.2) is 15.9 Å². The molecule has 0 aliphatic heterocycles. The van der Waals surface area contributed by atoms with E-state index in [2.05, 4.69) is 15.3 Å². The summed E-state index contributed by atoms with van der Waals surface area (Å²) in [5.74, 6) is -0.486. The maximum Gasteiger partial charge on any atom is 0.263 e. The topological polar surface area (TPSA) is 54.9 Å². The standard InChI is InChI=1S/C18H16FN3OS/c1-11(13-6-8-14(19)9-7-13)21-17(23)16-12(2)22-18(24-16)15-5-3-4-10-20-15/h3-11H,1-2H3,(H,21,23)/t11-/m1/s1. The van der Waals surface area contributed by atoms with E-state index in [1.807, 2.05) is 25.1 Å². The Bertz CT molecular complexity index is 846. The van der Waals surface area contributed by atoms with Crippen LogP contribution in [-0.2, 0) is 0 Å². The fourth-order valence-electron chi connectivity index (χ4n) is 2.30. The van der Waals surface area contributed by atoms with Crippen molar-refractivity contribution >= 4 is 17.2 Å². The van der Waals surface area contributed by atoms with Crippen LogP contribution >= 0.6 is 11.3 Å². The van der Waals surface area contributed by atoms with Gasteiger partial charge < -0.3 is 5.32 Å². The van der Waals surface area contributed by atoms with Crippen molar-refractivity contribution in [2.75, 3.05) is 0 Å². The van der Waals surface area contributed by atoms with Crippen molar-refractivity contribution < 1.29 is 9.18 Å². The summed E-state index contributed by atoms with van der Waals surface area (Å²) in [6.45, 7) is 3.67. The molecule has 24 heavy (non-hydrogen) atoms. The van der Waals surface area contributed by atoms with Gasteiger partial charge in [-0.1, -0.05) is 18.2 Å². The lowest BCUT2D eigenvalue weighted by Crippen LogP contribution is -2.26. The average molecular weight is 341 g/mol. The van der Waals surface area contributed by atoms with Crippen molar-refractivity contribution in [1.29, 1.82) is 0 Å². The number of hydrogen-bond acceptors (Lipinski definition) is 4. The quantitative estimate of drug-likeness (QED) is 0.776. The van der Waals surface area contributed by atoms with Crippen LogP contribution in [0.5, 0.6) is 0 Å². The summed E-state index contributed by atoms with van der Waals surface area (Å²) >= 11 is 1.31. The van der Waals surface area contributed by atoms with Crippen molar-refractivity contribution in [3.63, 3.8) is 0 Å². The summed E-state index contributed by atoms with van der Waals surface area (Å²) in [5, 5.41) is 3.64. The first kappa shape index (κ1) is 16.3. The van der Waals surface area contributed by atoms with E-state index >= 15 is 0 Å². The Morgan fingerprint density at radius 2 is 1.96 bits per heavy atom. The van der Waals surface area contributed by atoms with Gasteiger partial charge in [0.05, 0.1) is 17.4 Å². The first-order valence-electron chi connectivity index (χ1n) is 7.50. The van der Waals surface area contributed by atoms with E-state index in [-0.39, 0.29) is 17.8 Å². The highest BCUT2D eigenvalue weighted by molar-refractivity contribution is 7.17. The van der Waals surface area contributed by atoms with Gasteiger partial charge in [0.25, 0.3) is 5.91 Å². The predicted molar refractivity (Wildman–Crippen MR) is 92.4 cm³/mol. The van der Waals surface area contributed by atoms with Crippen LogP contribution < -0.4 is 5.32 Å². The van der Waals surface area contributed by atoms with Crippen molar-refractivity contribution in [2.45, 2.75) is 19.9 Å². The predicted octanol–water partition coefficient (Wildman–Crippen LogP) is 4.14. The fraction of sp³-hybridized carbons (Fsp3) is 0.167. The third-order valence-electron chi connectivity index (χ3n) is 3.60. The molecule has 1 N–H and O–H groups in total. The molecule has 1 atom stereocenters. The van der Waals surface area contributed by atoms with Gasteiger partial charge in [-0.3, -0.25) is 9.78 Å². The third kappa shape index (κ3) is 3.49. The molecule has 1 aromatic carbocycles. The van der Waals surface area contributed by atoms with Gasteiger partial charge in [-0.15, -0.1) is 11.3 Å². The molecule has 2 heterocycles. The molecule has 2 aromatic heterocycles. The van der Waals surface area contributed by atoms with Crippen molar-refractivity contribution in [3.8, 4) is 10.7 Å². The molecule has 3 rings (SSSR count). The average Bonchev–Trinajstić information content (AvgIpc) is 2.98. The molecule has 122 valence electrons. The Hall–Kier alpha value is -2.60. The molecule has 0 unspecified atom stereocenters. The normalized spacial score (nSPS) is 12.0. The zero-order valence-electron chi connectivity index (χ0n) is 13.3. The second kappa shape index (κ2) is 6.88. The number of rotatable bonds is 4. The lowest BCUT2D eigenvalue weighted by Gasteiger charge is -2.13. The van der Waals surface area contributed by atoms with E-state index in [4.69, 9.17) is 0 Å². The summed E-state index contributed by atoms with van der Waals surface area (Å²) in [6.07, 6.45) is 1.70. The van der Waals surface area contributed by atoms with Crippen molar-refractivity contribution in [2.24, 2.45) is 0 Å². The van der Waals surface area contributed by atoms with E-state index in [1.54, 1.807) is 25.3 Å². The van der Waals surface area contributed by atoms with Gasteiger partial charge in [-0.05, 0) is 43.7 Å². The zero-order chi connectivity index (χ0) is 17.1. The number of aryl methyl sites for hydroxylation is 1. The van der Waals surface area contributed by atoms with Gasteiger partial charge in [0, 0.05) is 6.20 Å². The van der Waals surface area contributed by atoms with Gasteiger partial charge >= 0.3 is 0 Å². The van der Waals surface area contributed by atoms with Crippen molar-refractivity contribution in [1.82, 2.24) is 15.3 Å². The van der Waals surface area contributed by atoms with E-state index in [9.17, 15) is 9.18 Å². The Morgan fingerprint density at radius 1 is 1.21 bits per heavy atom. The highest BCUT2D eigenvalue weighted by atomic mass is 32.1. The molecule has 0 bridgehead atoms. The molecule has 3 aromatic rings. The van der Waals surface area contributed by atoms with Crippen LogP contribution in [0, 0.1) is 12.7 Å². The van der Waals surface area contributed by atoms with E-state index in [1.165, 1.54) is 23.5 Å². The molecular formula is C18H16FN3OS. The largest absolute Gasteiger partial charge is 0.345 e. The second-order valence-electron chi connectivity index (χ2n) is 5.40. The van der Waals surface area contributed by atoms with Gasteiger partial charge in [-0.25, -0.2) is 9.37 Å². The minimum atomic E-state index is -0.296. The molecule has 0 saturated carbocycles. The summed E-state index contributed by atoms with van der Waals surface area (Å²) < 4.78 is 13.0. The Labute approximate surface area is 143 Å². The molecule has 0 radical (unpaired) electrons. The number of amides is 1. The zero-order valence-corrected chi connectivity index (χ0v) is 14.1. The number of thiazole rings is 1. The van der Waals surface area contributed by atoms with Crippen LogP contribution in [0.25, 0.3) is 10.7 Å². The lowest BCUT2D eigenvalue weighted by atomic mass is 10.1. The SMILES string of the molecule is Cc1nc(-c2ccccn2)sc1C(=O)N[C@H](C)c1ccc(F)cc1. The molecule has 0 saturated heterocycles. The molecule has 1 amide bonds. The van der Waals surface area contributed by atoms with Gasteiger partial charge in [0.1, 0.15) is 15.7 Å². The number of aromatic nitrogens is 2. The minimum Gasteiger partial charge on any atom is -0.345 e. The Balaban J connectivity index is 1.78. The maximum atomic E-state index is 13.0. The van der Waals surface area contributed by atoms with E-state index in [0.717, 1.165) is 11.3 Å². The van der Waals surface area contributed by atoms with E-state index in [0.29, 0.717) is 15.6 Å². The van der Waals surface area contributed by atoms with Crippen molar-refractivity contribution in [3.05, 3.63) is 70.6 Å². The molecular weight excluding hydrogens is 325 g/mol. The molecule has 4 nitrogen and oxygen atoms in total. The van der Waals surface area contributed by atoms with Gasteiger partial charge in [-0.2, -0.15) is 0 Å². The summed E-state index contributed by atoms with van der Waals surface area (Å²) in [7, 11) is 0. The van der Waals surface area contributed by atoms with Crippen LogP contribution in [0.2, 0.25) is 0 Å². The molecule has 6 heteroatoms. The first-order chi connectivity index (χ1) is 11.5. The number of pyridine rings is 1. The lowest BCUT2D eigenvalue weighted by molar-refractivity contribution is 0.0943. The van der Waals surface area contributed by atoms with Crippen LogP contribution in [0.3, 0.4) is 0 Å². The monoisotopic (exact) mass is 341 g/mol. The fourth-order valence-corrected chi connectivity index (χ4v) is 3.25. The summed E-state index contributed by atoms with van der Waals surface area (Å²) in [6, 6.07) is 11.5.